The molecule has 1 fully saturated rings. The number of nitrogens with zero attached hydrogens (tertiary/aromatic N) is 5. The van der Waals surface area contributed by atoms with Crippen molar-refractivity contribution in [3.63, 3.8) is 0 Å². The number of carbonyl (C=O) groups excluding carboxylic acids is 1. The van der Waals surface area contributed by atoms with Crippen molar-refractivity contribution >= 4 is 39.9 Å². The molecule has 0 spiro atoms. The van der Waals surface area contributed by atoms with Gasteiger partial charge in [0.25, 0.3) is 5.91 Å². The Hall–Kier alpha value is -2.52. The van der Waals surface area contributed by atoms with Crippen LogP contribution >= 0.6 is 22.7 Å². The molecule has 1 saturated heterocycles. The van der Waals surface area contributed by atoms with E-state index in [4.69, 9.17) is 4.98 Å². The number of anilines is 1. The molecule has 0 aromatic carbocycles. The minimum absolute atomic E-state index is 0.149. The molecule has 0 radical (unpaired) electrons. The Labute approximate surface area is 178 Å². The number of hydrogen-bond donors (Lipinski definition) is 1. The number of hydrazone groups is 1. The summed E-state index contributed by atoms with van der Waals surface area (Å²) in [6, 6.07) is 6.04. The Balaban J connectivity index is 1.48. The quantitative estimate of drug-likeness (QED) is 0.478. The normalized spacial score (nSPS) is 14.6. The number of aryl methyl sites for hydroxylation is 2. The topological polar surface area (TPSA) is 75.4 Å². The maximum Gasteiger partial charge on any atom is 0.261 e. The zero-order valence-corrected chi connectivity index (χ0v) is 18.2. The monoisotopic (exact) mass is 428 g/mol. The third-order valence-electron chi connectivity index (χ3n) is 4.79. The molecule has 1 N–H and O–H groups in total. The van der Waals surface area contributed by atoms with Crippen molar-refractivity contribution in [1.82, 2.24) is 20.2 Å². The molecule has 0 atom stereocenters. The summed E-state index contributed by atoms with van der Waals surface area (Å²) in [6.45, 7) is 6.09. The van der Waals surface area contributed by atoms with E-state index in [1.165, 1.54) is 19.3 Å². The average Bonchev–Trinajstić information content (AvgIpc) is 3.43. The fraction of sp³-hybridized carbons (Fsp3) is 0.400. The molecule has 3 aromatic rings. The van der Waals surface area contributed by atoms with Gasteiger partial charge in [-0.1, -0.05) is 17.4 Å². The van der Waals surface area contributed by atoms with E-state index in [1.807, 2.05) is 31.4 Å². The van der Waals surface area contributed by atoms with Crippen molar-refractivity contribution in [2.75, 3.05) is 18.0 Å². The van der Waals surface area contributed by atoms with Crippen LogP contribution in [0.3, 0.4) is 0 Å². The van der Waals surface area contributed by atoms with Gasteiger partial charge in [-0.2, -0.15) is 10.2 Å². The lowest BCUT2D eigenvalue weighted by Gasteiger charge is -2.25. The number of nitrogens with one attached hydrogen (secondary N) is 1. The fourth-order valence-corrected chi connectivity index (χ4v) is 5.18. The third-order valence-corrected chi connectivity index (χ3v) is 6.72. The Kier molecular flexibility index (Phi) is 6.05. The first-order valence-corrected chi connectivity index (χ1v) is 11.4. The second kappa shape index (κ2) is 8.87. The molecule has 0 aliphatic carbocycles. The van der Waals surface area contributed by atoms with Gasteiger partial charge in [0.05, 0.1) is 21.7 Å². The lowest BCUT2D eigenvalue weighted by molar-refractivity contribution is -0.121. The number of thiazole rings is 1. The van der Waals surface area contributed by atoms with Gasteiger partial charge in [-0.3, -0.25) is 9.48 Å². The van der Waals surface area contributed by atoms with Gasteiger partial charge < -0.3 is 4.90 Å². The Morgan fingerprint density at radius 3 is 2.83 bits per heavy atom. The second-order valence-electron chi connectivity index (χ2n) is 7.11. The predicted molar refractivity (Wildman–Crippen MR) is 119 cm³/mol. The number of rotatable bonds is 6. The predicted octanol–water partition coefficient (Wildman–Crippen LogP) is 3.83. The summed E-state index contributed by atoms with van der Waals surface area (Å²) in [5.41, 5.74) is 5.40. The number of thiophene rings is 1. The van der Waals surface area contributed by atoms with E-state index in [0.29, 0.717) is 0 Å². The van der Waals surface area contributed by atoms with E-state index < -0.39 is 0 Å². The smallest absolute Gasteiger partial charge is 0.261 e. The Morgan fingerprint density at radius 1 is 1.31 bits per heavy atom. The summed E-state index contributed by atoms with van der Waals surface area (Å²) < 4.78 is 1.68. The molecule has 1 aliphatic heterocycles. The van der Waals surface area contributed by atoms with Crippen LogP contribution in [0.5, 0.6) is 0 Å². The van der Waals surface area contributed by atoms with Gasteiger partial charge in [-0.15, -0.1) is 11.3 Å². The van der Waals surface area contributed by atoms with Gasteiger partial charge in [-0.25, -0.2) is 10.4 Å². The summed E-state index contributed by atoms with van der Waals surface area (Å²) in [5, 5.41) is 11.6. The molecule has 0 saturated carbocycles. The zero-order valence-electron chi connectivity index (χ0n) is 16.6. The van der Waals surface area contributed by atoms with Crippen LogP contribution in [0, 0.1) is 13.8 Å². The first kappa shape index (κ1) is 19.8. The van der Waals surface area contributed by atoms with Gasteiger partial charge in [0.1, 0.15) is 12.2 Å². The SMILES string of the molecule is Cc1cc(C)n(CC(=O)N/N=C/c2sc(N3CCCCC3)nc2-c2cccs2)n1. The summed E-state index contributed by atoms with van der Waals surface area (Å²) >= 11 is 3.29. The van der Waals surface area contributed by atoms with Gasteiger partial charge >= 0.3 is 0 Å². The molecule has 29 heavy (non-hydrogen) atoms. The van der Waals surface area contributed by atoms with E-state index in [1.54, 1.807) is 33.6 Å². The molecule has 3 aromatic heterocycles. The third kappa shape index (κ3) is 4.73. The van der Waals surface area contributed by atoms with E-state index in [9.17, 15) is 4.79 Å². The average molecular weight is 429 g/mol. The van der Waals surface area contributed by atoms with Gasteiger partial charge in [0.2, 0.25) is 0 Å². The van der Waals surface area contributed by atoms with Crippen LogP contribution in [0.15, 0.2) is 28.7 Å². The lowest BCUT2D eigenvalue weighted by Crippen LogP contribution is -2.29. The highest BCUT2D eigenvalue weighted by atomic mass is 32.1. The van der Waals surface area contributed by atoms with Crippen molar-refractivity contribution in [3.8, 4) is 10.6 Å². The number of piperidine rings is 1. The minimum atomic E-state index is -0.203. The van der Waals surface area contributed by atoms with Crippen molar-refractivity contribution in [1.29, 1.82) is 0 Å². The maximum absolute atomic E-state index is 12.2. The molecule has 152 valence electrons. The highest BCUT2D eigenvalue weighted by Gasteiger charge is 2.19. The van der Waals surface area contributed by atoms with Gasteiger partial charge in [0, 0.05) is 18.8 Å². The molecule has 0 unspecified atom stereocenters. The van der Waals surface area contributed by atoms with Crippen LogP contribution in [0.4, 0.5) is 5.13 Å². The van der Waals surface area contributed by atoms with Crippen molar-refractivity contribution < 1.29 is 4.79 Å². The largest absolute Gasteiger partial charge is 0.348 e. The number of amides is 1. The summed E-state index contributed by atoms with van der Waals surface area (Å²) in [6.07, 6.45) is 5.41. The van der Waals surface area contributed by atoms with Crippen molar-refractivity contribution in [2.45, 2.75) is 39.7 Å². The van der Waals surface area contributed by atoms with Crippen LogP contribution in [-0.2, 0) is 11.3 Å². The van der Waals surface area contributed by atoms with E-state index >= 15 is 0 Å². The second-order valence-corrected chi connectivity index (χ2v) is 9.07. The summed E-state index contributed by atoms with van der Waals surface area (Å²) in [4.78, 5) is 21.5. The zero-order chi connectivity index (χ0) is 20.2. The Morgan fingerprint density at radius 2 is 2.14 bits per heavy atom. The number of hydrogen-bond acceptors (Lipinski definition) is 7. The number of aromatic nitrogens is 3. The van der Waals surface area contributed by atoms with Crippen LogP contribution in [0.1, 0.15) is 35.5 Å². The highest BCUT2D eigenvalue weighted by Crippen LogP contribution is 2.35. The Bertz CT molecular complexity index is 999. The van der Waals surface area contributed by atoms with Crippen molar-refractivity contribution in [3.05, 3.63) is 39.8 Å². The first-order chi connectivity index (χ1) is 14.1. The molecule has 7 nitrogen and oxygen atoms in total. The van der Waals surface area contributed by atoms with Crippen LogP contribution in [-0.4, -0.2) is 40.0 Å². The maximum atomic E-state index is 12.2. The van der Waals surface area contributed by atoms with Gasteiger partial charge in [0.15, 0.2) is 5.13 Å². The first-order valence-electron chi connectivity index (χ1n) is 9.73. The van der Waals surface area contributed by atoms with Crippen LogP contribution < -0.4 is 10.3 Å². The number of carbonyl (C=O) groups is 1. The minimum Gasteiger partial charge on any atom is -0.348 e. The fourth-order valence-electron chi connectivity index (χ4n) is 3.39. The molecule has 9 heteroatoms. The standard InChI is InChI=1S/C20H24N6OS2/c1-14-11-15(2)26(24-14)13-18(27)23-21-12-17-19(16-7-6-10-28-16)22-20(29-17)25-8-4-3-5-9-25/h6-7,10-12H,3-5,8-9,13H2,1-2H3,(H,23,27)/b21-12+. The van der Waals surface area contributed by atoms with Gasteiger partial charge in [-0.05, 0) is 50.6 Å². The molecule has 4 rings (SSSR count). The summed E-state index contributed by atoms with van der Waals surface area (Å²) in [7, 11) is 0. The lowest BCUT2D eigenvalue weighted by atomic mass is 10.1. The molecule has 0 bridgehead atoms. The molecule has 1 aliphatic rings. The molecule has 1 amide bonds. The molecular weight excluding hydrogens is 404 g/mol. The van der Waals surface area contributed by atoms with Crippen LogP contribution in [0.25, 0.3) is 10.6 Å². The highest BCUT2D eigenvalue weighted by molar-refractivity contribution is 7.18. The van der Waals surface area contributed by atoms with E-state index in [2.05, 4.69) is 26.6 Å². The summed E-state index contributed by atoms with van der Waals surface area (Å²) in [5.74, 6) is -0.203. The van der Waals surface area contributed by atoms with E-state index in [-0.39, 0.29) is 12.5 Å². The van der Waals surface area contributed by atoms with E-state index in [0.717, 1.165) is 45.1 Å². The van der Waals surface area contributed by atoms with Crippen molar-refractivity contribution in [2.24, 2.45) is 5.10 Å². The van der Waals surface area contributed by atoms with Crippen LogP contribution in [0.2, 0.25) is 0 Å². The molecule has 4 heterocycles. The molecular formula is C20H24N6OS2.